The summed E-state index contributed by atoms with van der Waals surface area (Å²) >= 11 is 1.45. The first-order valence-electron chi connectivity index (χ1n) is 7.47. The highest BCUT2D eigenvalue weighted by atomic mass is 32.2. The highest BCUT2D eigenvalue weighted by Crippen LogP contribution is 2.34. The van der Waals surface area contributed by atoms with E-state index < -0.39 is 16.8 Å². The zero-order chi connectivity index (χ0) is 16.9. The van der Waals surface area contributed by atoms with Crippen LogP contribution in [-0.4, -0.2) is 27.8 Å². The Bertz CT molecular complexity index is 542. The topological polar surface area (TPSA) is 66.4 Å². The first kappa shape index (κ1) is 18.6. The van der Waals surface area contributed by atoms with Crippen molar-refractivity contribution in [1.29, 1.82) is 0 Å². The van der Waals surface area contributed by atoms with Gasteiger partial charge in [0, 0.05) is 4.90 Å². The third kappa shape index (κ3) is 4.77. The van der Waals surface area contributed by atoms with Gasteiger partial charge in [-0.25, -0.2) is 4.79 Å². The fourth-order valence-electron chi connectivity index (χ4n) is 1.99. The van der Waals surface area contributed by atoms with E-state index in [1.807, 2.05) is 58.9 Å². The van der Waals surface area contributed by atoms with Crippen molar-refractivity contribution >= 4 is 23.6 Å². The fraction of sp³-hybridized carbons (Fsp3) is 0.529. The normalized spacial score (nSPS) is 14.2. The van der Waals surface area contributed by atoms with E-state index in [1.165, 1.54) is 11.8 Å². The van der Waals surface area contributed by atoms with Crippen LogP contribution >= 0.6 is 11.8 Å². The number of rotatable bonds is 7. The Morgan fingerprint density at radius 1 is 1.32 bits per heavy atom. The van der Waals surface area contributed by atoms with Crippen LogP contribution in [0.4, 0.5) is 0 Å². The third-order valence-corrected chi connectivity index (χ3v) is 5.14. The first-order valence-corrected chi connectivity index (χ1v) is 8.29. The molecule has 1 aromatic carbocycles. The molecule has 2 N–H and O–H groups in total. The lowest BCUT2D eigenvalue weighted by atomic mass is 9.98. The largest absolute Gasteiger partial charge is 0.480 e. The van der Waals surface area contributed by atoms with Gasteiger partial charge in [-0.05, 0) is 38.3 Å². The molecule has 4 nitrogen and oxygen atoms in total. The number of carbonyl (C=O) groups is 2. The van der Waals surface area contributed by atoms with Gasteiger partial charge in [0.2, 0.25) is 5.91 Å². The smallest absolute Gasteiger partial charge is 0.326 e. The summed E-state index contributed by atoms with van der Waals surface area (Å²) in [5, 5.41) is 12.0. The SMILES string of the molecule is CCC(C)C(NC(=O)C(C)(C)Sc1ccccc1C)C(=O)O. The number of hydrogen-bond acceptors (Lipinski definition) is 3. The van der Waals surface area contributed by atoms with E-state index in [0.29, 0.717) is 6.42 Å². The molecule has 0 heterocycles. The number of carboxylic acids is 1. The van der Waals surface area contributed by atoms with Crippen molar-refractivity contribution < 1.29 is 14.7 Å². The van der Waals surface area contributed by atoms with Crippen LogP contribution in [0.15, 0.2) is 29.2 Å². The standard InChI is InChI=1S/C17H25NO3S/c1-6-11(2)14(15(19)20)18-16(21)17(4,5)22-13-10-8-7-9-12(13)3/h7-11,14H,6H2,1-5H3,(H,18,21)(H,19,20). The molecule has 0 bridgehead atoms. The van der Waals surface area contributed by atoms with Crippen LogP contribution in [-0.2, 0) is 9.59 Å². The molecule has 1 aromatic rings. The fourth-order valence-corrected chi connectivity index (χ4v) is 3.07. The number of hydrogen-bond donors (Lipinski definition) is 2. The minimum Gasteiger partial charge on any atom is -0.480 e. The van der Waals surface area contributed by atoms with Gasteiger partial charge in [0.1, 0.15) is 6.04 Å². The van der Waals surface area contributed by atoms with E-state index in [-0.39, 0.29) is 11.8 Å². The van der Waals surface area contributed by atoms with Gasteiger partial charge in [-0.3, -0.25) is 4.79 Å². The molecule has 0 radical (unpaired) electrons. The summed E-state index contributed by atoms with van der Waals surface area (Å²) in [5.41, 5.74) is 1.10. The number of carbonyl (C=O) groups excluding carboxylic acids is 1. The Morgan fingerprint density at radius 3 is 2.41 bits per heavy atom. The molecule has 0 aliphatic carbocycles. The number of aliphatic carboxylic acids is 1. The zero-order valence-corrected chi connectivity index (χ0v) is 14.7. The van der Waals surface area contributed by atoms with Gasteiger partial charge in [0.25, 0.3) is 0 Å². The van der Waals surface area contributed by atoms with Crippen molar-refractivity contribution in [2.24, 2.45) is 5.92 Å². The first-order chi connectivity index (χ1) is 10.2. The van der Waals surface area contributed by atoms with Gasteiger partial charge < -0.3 is 10.4 Å². The molecular formula is C17H25NO3S. The monoisotopic (exact) mass is 323 g/mol. The molecule has 0 aromatic heterocycles. The summed E-state index contributed by atoms with van der Waals surface area (Å²) < 4.78 is -0.743. The molecule has 2 atom stereocenters. The van der Waals surface area contributed by atoms with Crippen LogP contribution < -0.4 is 5.32 Å². The van der Waals surface area contributed by atoms with Gasteiger partial charge in [0.15, 0.2) is 0 Å². The van der Waals surface area contributed by atoms with E-state index >= 15 is 0 Å². The number of benzene rings is 1. The lowest BCUT2D eigenvalue weighted by Gasteiger charge is -2.28. The van der Waals surface area contributed by atoms with Crippen LogP contribution in [0.3, 0.4) is 0 Å². The summed E-state index contributed by atoms with van der Waals surface area (Å²) in [6.07, 6.45) is 0.697. The number of amides is 1. The maximum Gasteiger partial charge on any atom is 0.326 e. The average Bonchev–Trinajstić information content (AvgIpc) is 2.45. The van der Waals surface area contributed by atoms with Crippen molar-refractivity contribution in [2.45, 2.75) is 56.7 Å². The minimum absolute atomic E-state index is 0.110. The van der Waals surface area contributed by atoms with E-state index in [2.05, 4.69) is 5.32 Å². The van der Waals surface area contributed by atoms with Crippen molar-refractivity contribution in [2.75, 3.05) is 0 Å². The molecule has 122 valence electrons. The Morgan fingerprint density at radius 2 is 1.91 bits per heavy atom. The Kier molecular flexibility index (Phi) is 6.48. The summed E-state index contributed by atoms with van der Waals surface area (Å²) in [7, 11) is 0. The van der Waals surface area contributed by atoms with E-state index in [0.717, 1.165) is 10.5 Å². The predicted molar refractivity (Wildman–Crippen MR) is 90.1 cm³/mol. The maximum absolute atomic E-state index is 12.5. The van der Waals surface area contributed by atoms with Crippen LogP contribution in [0.1, 0.15) is 39.7 Å². The quantitative estimate of drug-likeness (QED) is 0.754. The number of nitrogens with one attached hydrogen (secondary N) is 1. The lowest BCUT2D eigenvalue weighted by Crippen LogP contribution is -2.50. The van der Waals surface area contributed by atoms with Crippen molar-refractivity contribution in [1.82, 2.24) is 5.32 Å². The van der Waals surface area contributed by atoms with E-state index in [9.17, 15) is 14.7 Å². The lowest BCUT2D eigenvalue weighted by molar-refractivity contribution is -0.143. The maximum atomic E-state index is 12.5. The van der Waals surface area contributed by atoms with Crippen molar-refractivity contribution in [3.8, 4) is 0 Å². The summed E-state index contributed by atoms with van der Waals surface area (Å²) in [4.78, 5) is 24.9. The molecule has 0 spiro atoms. The summed E-state index contributed by atoms with van der Waals surface area (Å²) in [5.74, 6) is -1.35. The second kappa shape index (κ2) is 7.68. The molecule has 0 saturated heterocycles. The van der Waals surface area contributed by atoms with Crippen molar-refractivity contribution in [3.05, 3.63) is 29.8 Å². The van der Waals surface area contributed by atoms with Gasteiger partial charge in [-0.2, -0.15) is 0 Å². The molecule has 0 saturated carbocycles. The average molecular weight is 323 g/mol. The number of thioether (sulfide) groups is 1. The Hall–Kier alpha value is -1.49. The molecule has 1 amide bonds. The van der Waals surface area contributed by atoms with Gasteiger partial charge in [-0.15, -0.1) is 11.8 Å². The zero-order valence-electron chi connectivity index (χ0n) is 13.8. The Balaban J connectivity index is 2.85. The molecule has 0 aliphatic heterocycles. The van der Waals surface area contributed by atoms with Crippen LogP contribution in [0.2, 0.25) is 0 Å². The van der Waals surface area contributed by atoms with Crippen LogP contribution in [0.5, 0.6) is 0 Å². The van der Waals surface area contributed by atoms with Gasteiger partial charge in [0.05, 0.1) is 4.75 Å². The minimum atomic E-state index is -0.987. The summed E-state index contributed by atoms with van der Waals surface area (Å²) in [6.45, 7) is 9.37. The molecular weight excluding hydrogens is 298 g/mol. The molecule has 0 aliphatic rings. The summed E-state index contributed by atoms with van der Waals surface area (Å²) in [6, 6.07) is 7.00. The third-order valence-electron chi connectivity index (χ3n) is 3.77. The Labute approximate surface area is 136 Å². The second-order valence-electron chi connectivity index (χ2n) is 6.05. The molecule has 1 rings (SSSR count). The van der Waals surface area contributed by atoms with Gasteiger partial charge in [-0.1, -0.05) is 38.5 Å². The van der Waals surface area contributed by atoms with Crippen LogP contribution in [0.25, 0.3) is 0 Å². The number of aryl methyl sites for hydroxylation is 1. The molecule has 22 heavy (non-hydrogen) atoms. The predicted octanol–water partition coefficient (Wildman–Crippen LogP) is 3.48. The highest BCUT2D eigenvalue weighted by molar-refractivity contribution is 8.01. The molecule has 2 unspecified atom stereocenters. The van der Waals surface area contributed by atoms with Gasteiger partial charge >= 0.3 is 5.97 Å². The highest BCUT2D eigenvalue weighted by Gasteiger charge is 2.34. The molecule has 5 heteroatoms. The van der Waals surface area contributed by atoms with E-state index in [1.54, 1.807) is 0 Å². The van der Waals surface area contributed by atoms with Crippen molar-refractivity contribution in [3.63, 3.8) is 0 Å². The number of carboxylic acid groups (broad SMARTS) is 1. The second-order valence-corrected chi connectivity index (χ2v) is 7.72. The molecule has 0 fully saturated rings. The van der Waals surface area contributed by atoms with Crippen LogP contribution in [0, 0.1) is 12.8 Å². The van der Waals surface area contributed by atoms with E-state index in [4.69, 9.17) is 0 Å².